The van der Waals surface area contributed by atoms with E-state index in [1.807, 2.05) is 32.0 Å². The number of nitrogens with one attached hydrogen (secondary N) is 2. The number of carbonyl (C=O) groups excluding carboxylic acids is 2. The van der Waals surface area contributed by atoms with Gasteiger partial charge in [0.05, 0.1) is 0 Å². The molecule has 0 fully saturated rings. The third-order valence-electron chi connectivity index (χ3n) is 3.25. The van der Waals surface area contributed by atoms with E-state index >= 15 is 0 Å². The van der Waals surface area contributed by atoms with Gasteiger partial charge in [-0.25, -0.2) is 4.98 Å². The molecule has 1 aromatic heterocycles. The van der Waals surface area contributed by atoms with E-state index in [0.29, 0.717) is 6.54 Å². The van der Waals surface area contributed by atoms with Crippen LogP contribution in [0, 0.1) is 13.8 Å². The highest BCUT2D eigenvalue weighted by atomic mass is 16.2. The van der Waals surface area contributed by atoms with Crippen molar-refractivity contribution in [1.82, 2.24) is 10.3 Å². The van der Waals surface area contributed by atoms with Gasteiger partial charge in [0.15, 0.2) is 0 Å². The van der Waals surface area contributed by atoms with E-state index in [-0.39, 0.29) is 23.2 Å². The Morgan fingerprint density at radius 1 is 1.13 bits per heavy atom. The quantitative estimate of drug-likeness (QED) is 0.834. The van der Waals surface area contributed by atoms with Gasteiger partial charge < -0.3 is 10.6 Å². The van der Waals surface area contributed by atoms with E-state index in [2.05, 4.69) is 22.2 Å². The topological polar surface area (TPSA) is 71.1 Å². The number of pyridine rings is 1. The summed E-state index contributed by atoms with van der Waals surface area (Å²) in [6.45, 7) is 7.80. The van der Waals surface area contributed by atoms with Crippen LogP contribution in [0.25, 0.3) is 0 Å². The summed E-state index contributed by atoms with van der Waals surface area (Å²) in [5.41, 5.74) is 3.21. The van der Waals surface area contributed by atoms with Gasteiger partial charge >= 0.3 is 0 Å². The second-order valence-electron chi connectivity index (χ2n) is 5.18. The monoisotopic (exact) mass is 309 g/mol. The molecule has 0 atom stereocenters. The van der Waals surface area contributed by atoms with Crippen molar-refractivity contribution in [1.29, 1.82) is 0 Å². The molecule has 5 heteroatoms. The highest BCUT2D eigenvalue weighted by molar-refractivity contribution is 6.04. The van der Waals surface area contributed by atoms with Crippen LogP contribution in [0.4, 0.5) is 5.69 Å². The predicted octanol–water partition coefficient (Wildman–Crippen LogP) is 2.87. The van der Waals surface area contributed by atoms with Crippen LogP contribution >= 0.6 is 0 Å². The Kier molecular flexibility index (Phi) is 5.25. The van der Waals surface area contributed by atoms with Crippen LogP contribution in [0.3, 0.4) is 0 Å². The number of benzene rings is 1. The molecular formula is C18H19N3O2. The molecule has 1 heterocycles. The van der Waals surface area contributed by atoms with Crippen molar-refractivity contribution < 1.29 is 9.59 Å². The van der Waals surface area contributed by atoms with Gasteiger partial charge in [0.1, 0.15) is 11.4 Å². The summed E-state index contributed by atoms with van der Waals surface area (Å²) in [6.07, 6.45) is 1.58. The summed E-state index contributed by atoms with van der Waals surface area (Å²) in [6, 6.07) is 10.5. The summed E-state index contributed by atoms with van der Waals surface area (Å²) in [7, 11) is 0. The van der Waals surface area contributed by atoms with Crippen LogP contribution < -0.4 is 10.6 Å². The Hall–Kier alpha value is -2.95. The largest absolute Gasteiger partial charge is 0.347 e. The summed E-state index contributed by atoms with van der Waals surface area (Å²) >= 11 is 0. The van der Waals surface area contributed by atoms with E-state index < -0.39 is 0 Å². The van der Waals surface area contributed by atoms with E-state index in [9.17, 15) is 9.59 Å². The zero-order valence-electron chi connectivity index (χ0n) is 13.2. The van der Waals surface area contributed by atoms with Gasteiger partial charge in [0.2, 0.25) is 0 Å². The predicted molar refractivity (Wildman–Crippen MR) is 90.6 cm³/mol. The molecule has 0 spiro atoms. The van der Waals surface area contributed by atoms with Crippen molar-refractivity contribution >= 4 is 17.5 Å². The summed E-state index contributed by atoms with van der Waals surface area (Å²) in [5.74, 6) is -0.693. The first kappa shape index (κ1) is 16.4. The SMILES string of the molecule is C=CCNC(=O)c1cccc(C(=O)Nc2ccc(C)cc2C)n1. The molecule has 1 aromatic carbocycles. The number of hydrogen-bond acceptors (Lipinski definition) is 3. The molecule has 0 bridgehead atoms. The zero-order valence-corrected chi connectivity index (χ0v) is 13.2. The van der Waals surface area contributed by atoms with Gasteiger partial charge in [-0.05, 0) is 37.6 Å². The molecule has 5 nitrogen and oxygen atoms in total. The van der Waals surface area contributed by atoms with Gasteiger partial charge in [-0.1, -0.05) is 29.8 Å². The number of rotatable bonds is 5. The number of aryl methyl sites for hydroxylation is 2. The fourth-order valence-electron chi connectivity index (χ4n) is 2.08. The lowest BCUT2D eigenvalue weighted by atomic mass is 10.1. The fraction of sp³-hybridized carbons (Fsp3) is 0.167. The maximum atomic E-state index is 12.3. The number of aromatic nitrogens is 1. The third-order valence-corrected chi connectivity index (χ3v) is 3.25. The number of nitrogens with zero attached hydrogens (tertiary/aromatic N) is 1. The van der Waals surface area contributed by atoms with Crippen molar-refractivity contribution in [3.8, 4) is 0 Å². The number of carbonyl (C=O) groups is 2. The molecule has 118 valence electrons. The molecule has 2 N–H and O–H groups in total. The third kappa shape index (κ3) is 4.26. The van der Waals surface area contributed by atoms with Crippen molar-refractivity contribution in [3.63, 3.8) is 0 Å². The maximum Gasteiger partial charge on any atom is 0.274 e. The Balaban J connectivity index is 2.16. The van der Waals surface area contributed by atoms with Gasteiger partial charge in [-0.2, -0.15) is 0 Å². The van der Waals surface area contributed by atoms with Crippen LogP contribution in [0.5, 0.6) is 0 Å². The molecule has 0 aliphatic carbocycles. The standard InChI is InChI=1S/C18H19N3O2/c1-4-10-19-17(22)15-6-5-7-16(20-15)18(23)21-14-9-8-12(2)11-13(14)3/h4-9,11H,1,10H2,2-3H3,(H,19,22)(H,21,23). The maximum absolute atomic E-state index is 12.3. The van der Waals surface area contributed by atoms with E-state index in [4.69, 9.17) is 0 Å². The molecule has 2 amide bonds. The van der Waals surface area contributed by atoms with Crippen molar-refractivity contribution in [2.75, 3.05) is 11.9 Å². The zero-order chi connectivity index (χ0) is 16.8. The second-order valence-corrected chi connectivity index (χ2v) is 5.18. The minimum absolute atomic E-state index is 0.191. The van der Waals surface area contributed by atoms with E-state index in [1.165, 1.54) is 0 Å². The molecule has 0 unspecified atom stereocenters. The Morgan fingerprint density at radius 3 is 2.48 bits per heavy atom. The van der Waals surface area contributed by atoms with E-state index in [0.717, 1.165) is 16.8 Å². The Labute approximate surface area is 135 Å². The average Bonchev–Trinajstić information content (AvgIpc) is 2.55. The fourth-order valence-corrected chi connectivity index (χ4v) is 2.08. The normalized spacial score (nSPS) is 10.0. The molecule has 0 aliphatic rings. The minimum Gasteiger partial charge on any atom is -0.347 e. The lowest BCUT2D eigenvalue weighted by Gasteiger charge is -2.09. The molecular weight excluding hydrogens is 290 g/mol. The molecule has 0 aliphatic heterocycles. The first-order valence-corrected chi connectivity index (χ1v) is 7.26. The highest BCUT2D eigenvalue weighted by Gasteiger charge is 2.12. The first-order chi connectivity index (χ1) is 11.0. The van der Waals surface area contributed by atoms with Crippen molar-refractivity contribution in [3.05, 3.63) is 71.6 Å². The average molecular weight is 309 g/mol. The van der Waals surface area contributed by atoms with Gasteiger partial charge in [-0.15, -0.1) is 6.58 Å². The van der Waals surface area contributed by atoms with Crippen LogP contribution in [0.2, 0.25) is 0 Å². The Bertz CT molecular complexity index is 754. The second kappa shape index (κ2) is 7.35. The van der Waals surface area contributed by atoms with Crippen LogP contribution in [0.15, 0.2) is 49.1 Å². The van der Waals surface area contributed by atoms with Crippen molar-refractivity contribution in [2.24, 2.45) is 0 Å². The Morgan fingerprint density at radius 2 is 1.83 bits per heavy atom. The molecule has 0 saturated heterocycles. The molecule has 23 heavy (non-hydrogen) atoms. The molecule has 0 saturated carbocycles. The van der Waals surface area contributed by atoms with Gasteiger partial charge in [-0.3, -0.25) is 9.59 Å². The summed E-state index contributed by atoms with van der Waals surface area (Å²) in [5, 5.41) is 5.44. The van der Waals surface area contributed by atoms with Crippen LogP contribution in [0.1, 0.15) is 32.1 Å². The summed E-state index contributed by atoms with van der Waals surface area (Å²) < 4.78 is 0. The van der Waals surface area contributed by atoms with Crippen LogP contribution in [-0.4, -0.2) is 23.3 Å². The minimum atomic E-state index is -0.352. The highest BCUT2D eigenvalue weighted by Crippen LogP contribution is 2.16. The van der Waals surface area contributed by atoms with Gasteiger partial charge in [0.25, 0.3) is 11.8 Å². The van der Waals surface area contributed by atoms with E-state index in [1.54, 1.807) is 24.3 Å². The lowest BCUT2D eigenvalue weighted by molar-refractivity contribution is 0.0953. The molecule has 2 aromatic rings. The number of amides is 2. The lowest BCUT2D eigenvalue weighted by Crippen LogP contribution is -2.25. The number of hydrogen-bond donors (Lipinski definition) is 2. The molecule has 0 radical (unpaired) electrons. The smallest absolute Gasteiger partial charge is 0.274 e. The van der Waals surface area contributed by atoms with Crippen LogP contribution in [-0.2, 0) is 0 Å². The number of anilines is 1. The summed E-state index contributed by atoms with van der Waals surface area (Å²) in [4.78, 5) is 28.3. The first-order valence-electron chi connectivity index (χ1n) is 7.26. The van der Waals surface area contributed by atoms with Gasteiger partial charge in [0, 0.05) is 12.2 Å². The van der Waals surface area contributed by atoms with Crippen molar-refractivity contribution in [2.45, 2.75) is 13.8 Å². The molecule has 2 rings (SSSR count).